The van der Waals surface area contributed by atoms with Gasteiger partial charge in [0.2, 0.25) is 10.0 Å². The number of hydrogen-bond donors (Lipinski definition) is 1. The third-order valence-electron chi connectivity index (χ3n) is 3.62. The molecular weight excluding hydrogens is 400 g/mol. The number of rotatable bonds is 4. The second-order valence-electron chi connectivity index (χ2n) is 5.18. The summed E-state index contributed by atoms with van der Waals surface area (Å²) in [5, 5.41) is 2.68. The monoisotopic (exact) mass is 414 g/mol. The number of amides is 1. The lowest BCUT2D eigenvalue weighted by atomic mass is 10.2. The van der Waals surface area contributed by atoms with Crippen LogP contribution in [0.3, 0.4) is 0 Å². The number of furan rings is 1. The van der Waals surface area contributed by atoms with Gasteiger partial charge < -0.3 is 14.5 Å². The molecule has 7 nitrogen and oxygen atoms in total. The van der Waals surface area contributed by atoms with Gasteiger partial charge in [0.15, 0.2) is 10.4 Å². The van der Waals surface area contributed by atoms with E-state index in [0.717, 1.165) is 0 Å². The van der Waals surface area contributed by atoms with Gasteiger partial charge in [0.05, 0.1) is 24.2 Å². The second-order valence-corrected chi connectivity index (χ2v) is 7.98. The number of ether oxygens (including phenoxy) is 1. The Kier molecular flexibility index (Phi) is 4.55. The first kappa shape index (κ1) is 16.8. The fraction of sp³-hybridized carbons (Fsp3) is 0.267. The Morgan fingerprint density at radius 2 is 2.12 bits per heavy atom. The Morgan fingerprint density at radius 3 is 2.71 bits per heavy atom. The van der Waals surface area contributed by atoms with E-state index in [4.69, 9.17) is 9.15 Å². The lowest BCUT2D eigenvalue weighted by molar-refractivity contribution is 0.0995. The molecule has 1 saturated heterocycles. The molecule has 9 heteroatoms. The minimum atomic E-state index is -3.27. The van der Waals surface area contributed by atoms with Gasteiger partial charge in [-0.05, 0) is 46.6 Å². The first-order chi connectivity index (χ1) is 11.4. The highest BCUT2D eigenvalue weighted by molar-refractivity contribution is 9.10. The lowest BCUT2D eigenvalue weighted by Crippen LogP contribution is -2.25. The van der Waals surface area contributed by atoms with Crippen LogP contribution in [0.5, 0.6) is 5.75 Å². The number of anilines is 2. The molecule has 0 atom stereocenters. The highest BCUT2D eigenvalue weighted by atomic mass is 79.9. The molecule has 1 fully saturated rings. The first-order valence-electron chi connectivity index (χ1n) is 7.16. The molecule has 1 aliphatic rings. The van der Waals surface area contributed by atoms with Crippen molar-refractivity contribution in [3.8, 4) is 5.75 Å². The fourth-order valence-corrected chi connectivity index (χ4v) is 4.35. The van der Waals surface area contributed by atoms with Crippen molar-refractivity contribution in [1.82, 2.24) is 0 Å². The van der Waals surface area contributed by atoms with Gasteiger partial charge in [-0.15, -0.1) is 0 Å². The van der Waals surface area contributed by atoms with Gasteiger partial charge in [-0.3, -0.25) is 9.10 Å². The molecule has 0 bridgehead atoms. The van der Waals surface area contributed by atoms with E-state index in [-0.39, 0.29) is 11.5 Å². The molecule has 0 spiro atoms. The summed E-state index contributed by atoms with van der Waals surface area (Å²) in [6.07, 6.45) is 0.594. The quantitative estimate of drug-likeness (QED) is 0.830. The van der Waals surface area contributed by atoms with E-state index < -0.39 is 15.9 Å². The topological polar surface area (TPSA) is 88.9 Å². The third kappa shape index (κ3) is 3.27. The van der Waals surface area contributed by atoms with E-state index in [0.29, 0.717) is 34.8 Å². The number of carbonyl (C=O) groups excluding carboxylic acids is 1. The van der Waals surface area contributed by atoms with Crippen LogP contribution < -0.4 is 14.4 Å². The average molecular weight is 415 g/mol. The van der Waals surface area contributed by atoms with Gasteiger partial charge in [0, 0.05) is 12.6 Å². The summed E-state index contributed by atoms with van der Waals surface area (Å²) in [5.41, 5.74) is 0.943. The minimum Gasteiger partial charge on any atom is -0.494 e. The zero-order valence-electron chi connectivity index (χ0n) is 12.8. The van der Waals surface area contributed by atoms with Gasteiger partial charge in [-0.2, -0.15) is 0 Å². The molecule has 2 heterocycles. The maximum absolute atomic E-state index is 12.2. The summed E-state index contributed by atoms with van der Waals surface area (Å²) in [6.45, 7) is 0.442. The van der Waals surface area contributed by atoms with E-state index in [1.54, 1.807) is 24.3 Å². The highest BCUT2D eigenvalue weighted by Crippen LogP contribution is 2.33. The summed E-state index contributed by atoms with van der Waals surface area (Å²) in [4.78, 5) is 12.2. The summed E-state index contributed by atoms with van der Waals surface area (Å²) < 4.78 is 36.3. The predicted molar refractivity (Wildman–Crippen MR) is 93.1 cm³/mol. The van der Waals surface area contributed by atoms with Crippen LogP contribution in [0.25, 0.3) is 0 Å². The van der Waals surface area contributed by atoms with Gasteiger partial charge in [-0.1, -0.05) is 0 Å². The molecule has 1 aromatic heterocycles. The van der Waals surface area contributed by atoms with Crippen molar-refractivity contribution < 1.29 is 22.4 Å². The van der Waals surface area contributed by atoms with Gasteiger partial charge in [0.25, 0.3) is 5.91 Å². The van der Waals surface area contributed by atoms with Crippen LogP contribution in [0.2, 0.25) is 0 Å². The van der Waals surface area contributed by atoms with E-state index >= 15 is 0 Å². The Morgan fingerprint density at radius 1 is 1.33 bits per heavy atom. The average Bonchev–Trinajstić information content (AvgIpc) is 3.13. The van der Waals surface area contributed by atoms with Crippen LogP contribution in [-0.2, 0) is 10.0 Å². The predicted octanol–water partition coefficient (Wildman–Crippen LogP) is 2.84. The molecule has 1 N–H and O–H groups in total. The number of halogens is 1. The molecule has 1 aliphatic heterocycles. The van der Waals surface area contributed by atoms with E-state index in [1.165, 1.54) is 17.5 Å². The van der Waals surface area contributed by atoms with Crippen molar-refractivity contribution in [2.24, 2.45) is 0 Å². The molecule has 0 aliphatic carbocycles. The molecule has 3 rings (SSSR count). The summed E-state index contributed by atoms with van der Waals surface area (Å²) >= 11 is 3.14. The normalized spacial score (nSPS) is 16.2. The van der Waals surface area contributed by atoms with Crippen molar-refractivity contribution >= 4 is 43.2 Å². The van der Waals surface area contributed by atoms with E-state index in [1.807, 2.05) is 0 Å². The standard InChI is InChI=1S/C15H15BrN2O5S/c1-22-13-9-10(18-7-2-8-24(18,20)21)3-4-11(13)17-15(19)12-5-6-14(16)23-12/h3-6,9H,2,7-8H2,1H3,(H,17,19). The maximum Gasteiger partial charge on any atom is 0.291 e. The number of nitrogens with zero attached hydrogens (tertiary/aromatic N) is 1. The highest BCUT2D eigenvalue weighted by Gasteiger charge is 2.29. The Hall–Kier alpha value is -2.00. The SMILES string of the molecule is COc1cc(N2CCCS2(=O)=O)ccc1NC(=O)c1ccc(Br)o1. The van der Waals surface area contributed by atoms with Crippen LogP contribution >= 0.6 is 15.9 Å². The molecule has 1 aromatic carbocycles. The summed E-state index contributed by atoms with van der Waals surface area (Å²) in [7, 11) is -1.82. The van der Waals surface area contributed by atoms with Crippen molar-refractivity contribution in [2.75, 3.05) is 29.0 Å². The zero-order chi connectivity index (χ0) is 17.3. The minimum absolute atomic E-state index is 0.140. The van der Waals surface area contributed by atoms with Crippen molar-refractivity contribution in [3.63, 3.8) is 0 Å². The summed E-state index contributed by atoms with van der Waals surface area (Å²) in [5.74, 6) is 0.227. The van der Waals surface area contributed by atoms with Crippen LogP contribution in [0.15, 0.2) is 39.4 Å². The number of hydrogen-bond acceptors (Lipinski definition) is 5. The number of benzene rings is 1. The fourth-order valence-electron chi connectivity index (χ4n) is 2.49. The third-order valence-corrected chi connectivity index (χ3v) is 5.91. The Labute approximate surface area is 147 Å². The van der Waals surface area contributed by atoms with Crippen molar-refractivity contribution in [3.05, 3.63) is 40.8 Å². The zero-order valence-corrected chi connectivity index (χ0v) is 15.2. The lowest BCUT2D eigenvalue weighted by Gasteiger charge is -2.19. The molecule has 1 amide bonds. The smallest absolute Gasteiger partial charge is 0.291 e. The molecular formula is C15H15BrN2O5S. The van der Waals surface area contributed by atoms with Crippen LogP contribution in [0, 0.1) is 0 Å². The van der Waals surface area contributed by atoms with Crippen molar-refractivity contribution in [2.45, 2.75) is 6.42 Å². The second kappa shape index (κ2) is 6.48. The molecule has 0 unspecified atom stereocenters. The molecule has 128 valence electrons. The van der Waals surface area contributed by atoms with Crippen LogP contribution in [0.4, 0.5) is 11.4 Å². The number of methoxy groups -OCH3 is 1. The molecule has 24 heavy (non-hydrogen) atoms. The van der Waals surface area contributed by atoms with Crippen LogP contribution in [0.1, 0.15) is 17.0 Å². The molecule has 0 radical (unpaired) electrons. The number of carbonyl (C=O) groups is 1. The van der Waals surface area contributed by atoms with Gasteiger partial charge in [0.1, 0.15) is 5.75 Å². The maximum atomic E-state index is 12.2. The molecule has 0 saturated carbocycles. The van der Waals surface area contributed by atoms with E-state index in [2.05, 4.69) is 21.2 Å². The van der Waals surface area contributed by atoms with E-state index in [9.17, 15) is 13.2 Å². The molecule has 2 aromatic rings. The Bertz CT molecular complexity index is 878. The number of nitrogens with one attached hydrogen (secondary N) is 1. The van der Waals surface area contributed by atoms with Gasteiger partial charge >= 0.3 is 0 Å². The summed E-state index contributed by atoms with van der Waals surface area (Å²) in [6, 6.07) is 8.00. The Balaban J connectivity index is 1.86. The van der Waals surface area contributed by atoms with Gasteiger partial charge in [-0.25, -0.2) is 8.42 Å². The van der Waals surface area contributed by atoms with Crippen molar-refractivity contribution in [1.29, 1.82) is 0 Å². The number of sulfonamides is 1. The van der Waals surface area contributed by atoms with Crippen LogP contribution in [-0.4, -0.2) is 33.7 Å². The largest absolute Gasteiger partial charge is 0.494 e. The first-order valence-corrected chi connectivity index (χ1v) is 9.56.